The van der Waals surface area contributed by atoms with E-state index >= 15 is 0 Å². The highest BCUT2D eigenvalue weighted by molar-refractivity contribution is 9.10. The number of carbonyl (C=O) groups is 3. The number of benzene rings is 2. The number of nitrogens with two attached hydrogens (primary N) is 1. The first-order chi connectivity index (χ1) is 18.5. The minimum absolute atomic E-state index is 0.0588. The van der Waals surface area contributed by atoms with Gasteiger partial charge in [-0.05, 0) is 71.2 Å². The second-order valence-electron chi connectivity index (χ2n) is 8.99. The largest absolute Gasteiger partial charge is 0.573 e. The van der Waals surface area contributed by atoms with Crippen LogP contribution in [0.1, 0.15) is 49.6 Å². The summed E-state index contributed by atoms with van der Waals surface area (Å²) in [5, 5.41) is 0. The quantitative estimate of drug-likeness (QED) is 0.243. The van der Waals surface area contributed by atoms with Crippen LogP contribution in [0, 0.1) is 5.92 Å². The number of halogens is 4. The van der Waals surface area contributed by atoms with Crippen LogP contribution >= 0.6 is 15.9 Å². The molecule has 0 spiro atoms. The van der Waals surface area contributed by atoms with Gasteiger partial charge in [0.1, 0.15) is 17.2 Å². The molecule has 11 heteroatoms. The number of para-hydroxylation sites is 1. The summed E-state index contributed by atoms with van der Waals surface area (Å²) in [7, 11) is 1.45. The van der Waals surface area contributed by atoms with E-state index in [9.17, 15) is 27.6 Å². The molecule has 7 nitrogen and oxygen atoms in total. The molecule has 2 N–H and O–H groups in total. The summed E-state index contributed by atoms with van der Waals surface area (Å²) < 4.78 is 49.6. The number of methoxy groups -OCH3 is 1. The third kappa shape index (κ3) is 5.01. The molecular weight excluding hydrogens is 581 g/mol. The highest BCUT2D eigenvalue weighted by Gasteiger charge is 2.38. The van der Waals surface area contributed by atoms with Crippen LogP contribution in [0.5, 0.6) is 11.5 Å². The number of amides is 1. The monoisotopic (exact) mass is 600 g/mol. The molecule has 1 aliphatic rings. The molecule has 39 heavy (non-hydrogen) atoms. The van der Waals surface area contributed by atoms with Crippen molar-refractivity contribution in [3.8, 4) is 22.6 Å². The number of Topliss-reactive ketones (excluding diaryl/α,β-unsaturated/α-hetero) is 1. The Kier molecular flexibility index (Phi) is 6.71. The van der Waals surface area contributed by atoms with Crippen LogP contribution in [0.15, 0.2) is 65.3 Å². The molecule has 2 aromatic carbocycles. The van der Waals surface area contributed by atoms with Crippen LogP contribution in [0.4, 0.5) is 13.2 Å². The van der Waals surface area contributed by atoms with Gasteiger partial charge in [0.15, 0.2) is 5.78 Å². The Morgan fingerprint density at radius 2 is 1.72 bits per heavy atom. The number of pyridine rings is 1. The lowest BCUT2D eigenvalue weighted by Crippen LogP contribution is -2.17. The van der Waals surface area contributed by atoms with Gasteiger partial charge in [0.05, 0.1) is 22.7 Å². The molecule has 2 aromatic heterocycles. The number of alkyl halides is 3. The van der Waals surface area contributed by atoms with E-state index in [4.69, 9.17) is 10.5 Å². The van der Waals surface area contributed by atoms with Crippen molar-refractivity contribution >= 4 is 38.9 Å². The van der Waals surface area contributed by atoms with E-state index in [0.717, 1.165) is 12.1 Å². The molecule has 200 valence electrons. The summed E-state index contributed by atoms with van der Waals surface area (Å²) in [4.78, 5) is 39.8. The number of carbonyl (C=O) groups excluding carboxylic acids is 3. The van der Waals surface area contributed by atoms with Crippen LogP contribution in [0.3, 0.4) is 0 Å². The third-order valence-corrected chi connectivity index (χ3v) is 7.05. The Morgan fingerprint density at radius 3 is 2.31 bits per heavy atom. The molecule has 1 saturated carbocycles. The van der Waals surface area contributed by atoms with Gasteiger partial charge in [-0.15, -0.1) is 13.2 Å². The zero-order chi connectivity index (χ0) is 28.1. The molecule has 0 saturated heterocycles. The summed E-state index contributed by atoms with van der Waals surface area (Å²) >= 11 is 3.45. The third-order valence-electron chi connectivity index (χ3n) is 6.42. The molecule has 2 heterocycles. The summed E-state index contributed by atoms with van der Waals surface area (Å²) in [6, 6.07) is 12.6. The molecule has 0 bridgehead atoms. The zero-order valence-electron chi connectivity index (χ0n) is 20.3. The smallest absolute Gasteiger partial charge is 0.495 e. The van der Waals surface area contributed by atoms with Crippen LogP contribution in [0.2, 0.25) is 0 Å². The normalized spacial score (nSPS) is 13.4. The van der Waals surface area contributed by atoms with Gasteiger partial charge in [-0.25, -0.2) is 0 Å². The minimum Gasteiger partial charge on any atom is -0.495 e. The van der Waals surface area contributed by atoms with Crippen molar-refractivity contribution < 1.29 is 37.0 Å². The number of rotatable bonds is 8. The summed E-state index contributed by atoms with van der Waals surface area (Å²) in [6.45, 7) is 0. The Bertz CT molecular complexity index is 1640. The highest BCUT2D eigenvalue weighted by Crippen LogP contribution is 2.45. The molecule has 1 amide bonds. The molecule has 0 radical (unpaired) electrons. The maximum atomic E-state index is 14.0. The average molecular weight is 601 g/mol. The van der Waals surface area contributed by atoms with Crippen molar-refractivity contribution in [3.05, 3.63) is 87.7 Å². The first-order valence-corrected chi connectivity index (χ1v) is 12.5. The SMILES string of the molecule is COc1c(Br)cccc1-c1c(C(=O)C2CC2)c2cc(C(N)=O)ccn2c1C(=O)c1ccc(OC(F)(F)F)cc1. The summed E-state index contributed by atoms with van der Waals surface area (Å²) in [6.07, 6.45) is -2.04. The fourth-order valence-electron chi connectivity index (χ4n) is 4.55. The predicted molar refractivity (Wildman–Crippen MR) is 139 cm³/mol. The van der Waals surface area contributed by atoms with Crippen LogP contribution in [-0.2, 0) is 0 Å². The lowest BCUT2D eigenvalue weighted by atomic mass is 9.93. The Hall–Kier alpha value is -4.12. The Balaban J connectivity index is 1.81. The van der Waals surface area contributed by atoms with E-state index in [-0.39, 0.29) is 39.6 Å². The van der Waals surface area contributed by atoms with Crippen molar-refractivity contribution in [1.29, 1.82) is 0 Å². The van der Waals surface area contributed by atoms with Gasteiger partial charge >= 0.3 is 6.36 Å². The number of primary amides is 1. The van der Waals surface area contributed by atoms with Gasteiger partial charge < -0.3 is 19.6 Å². The van der Waals surface area contributed by atoms with Crippen LogP contribution < -0.4 is 15.2 Å². The fraction of sp³-hybridized carbons (Fsp3) is 0.179. The van der Waals surface area contributed by atoms with E-state index in [1.165, 1.54) is 42.0 Å². The predicted octanol–water partition coefficient (Wildman–Crippen LogP) is 6.20. The van der Waals surface area contributed by atoms with E-state index in [2.05, 4.69) is 20.7 Å². The van der Waals surface area contributed by atoms with Crippen molar-refractivity contribution in [1.82, 2.24) is 4.40 Å². The lowest BCUT2D eigenvalue weighted by Gasteiger charge is -2.14. The van der Waals surface area contributed by atoms with Crippen molar-refractivity contribution in [2.24, 2.45) is 11.7 Å². The number of nitrogens with zero attached hydrogens (tertiary/aromatic N) is 1. The standard InChI is InChI=1S/C28H20BrF3N2O5/c1-38-26-18(3-2-4-19(26)29)21-22(24(35)14-5-6-14)20-13-16(27(33)37)11-12-34(20)23(21)25(36)15-7-9-17(10-8-15)39-28(30,31)32/h2-4,7-14H,5-6H2,1H3,(H2,33,37). The summed E-state index contributed by atoms with van der Waals surface area (Å²) in [5.41, 5.74) is 7.06. The van der Waals surface area contributed by atoms with Gasteiger partial charge in [0, 0.05) is 34.4 Å². The maximum absolute atomic E-state index is 14.0. The van der Waals surface area contributed by atoms with Gasteiger partial charge in [-0.3, -0.25) is 14.4 Å². The summed E-state index contributed by atoms with van der Waals surface area (Å²) in [5.74, 6) is -1.83. The van der Waals surface area contributed by atoms with E-state index in [1.807, 2.05) is 0 Å². The van der Waals surface area contributed by atoms with Gasteiger partial charge in [0.25, 0.3) is 0 Å². The Morgan fingerprint density at radius 1 is 1.03 bits per heavy atom. The van der Waals surface area contributed by atoms with Gasteiger partial charge in [-0.2, -0.15) is 0 Å². The number of ether oxygens (including phenoxy) is 2. The first kappa shape index (κ1) is 26.5. The molecular formula is C28H20BrF3N2O5. The van der Waals surface area contributed by atoms with Gasteiger partial charge in [0.2, 0.25) is 11.7 Å². The highest BCUT2D eigenvalue weighted by atomic mass is 79.9. The topological polar surface area (TPSA) is 100 Å². The molecule has 0 atom stereocenters. The van der Waals surface area contributed by atoms with Crippen LogP contribution in [0.25, 0.3) is 16.6 Å². The van der Waals surface area contributed by atoms with Gasteiger partial charge in [-0.1, -0.05) is 12.1 Å². The number of fused-ring (bicyclic) bond motifs is 1. The molecule has 1 fully saturated rings. The molecule has 5 rings (SSSR count). The average Bonchev–Trinajstić information content (AvgIpc) is 3.68. The van der Waals surface area contributed by atoms with Crippen molar-refractivity contribution in [2.75, 3.05) is 7.11 Å². The Labute approximate surface area is 228 Å². The lowest BCUT2D eigenvalue weighted by molar-refractivity contribution is -0.274. The number of hydrogen-bond acceptors (Lipinski definition) is 5. The number of aromatic nitrogens is 1. The van der Waals surface area contributed by atoms with Crippen molar-refractivity contribution in [2.45, 2.75) is 19.2 Å². The molecule has 1 aliphatic carbocycles. The minimum atomic E-state index is -4.89. The molecule has 0 aliphatic heterocycles. The first-order valence-electron chi connectivity index (χ1n) is 11.8. The van der Waals surface area contributed by atoms with Crippen LogP contribution in [-0.4, -0.2) is 35.3 Å². The second kappa shape index (κ2) is 9.88. The zero-order valence-corrected chi connectivity index (χ0v) is 21.9. The maximum Gasteiger partial charge on any atom is 0.573 e. The molecule has 0 unspecified atom stereocenters. The van der Waals surface area contributed by atoms with E-state index in [0.29, 0.717) is 34.1 Å². The molecule has 4 aromatic rings. The van der Waals surface area contributed by atoms with E-state index < -0.39 is 23.8 Å². The second-order valence-corrected chi connectivity index (χ2v) is 9.85. The van der Waals surface area contributed by atoms with Crippen molar-refractivity contribution in [3.63, 3.8) is 0 Å². The fourth-order valence-corrected chi connectivity index (χ4v) is 5.08. The van der Waals surface area contributed by atoms with E-state index in [1.54, 1.807) is 18.2 Å². The number of ketones is 2. The number of hydrogen-bond donors (Lipinski definition) is 1.